The van der Waals surface area contributed by atoms with Crippen LogP contribution >= 0.6 is 15.9 Å². The number of benzene rings is 1. The Bertz CT molecular complexity index is 433. The molecule has 1 aromatic carbocycles. The summed E-state index contributed by atoms with van der Waals surface area (Å²) in [4.78, 5) is 11.4. The van der Waals surface area contributed by atoms with Gasteiger partial charge in [0.15, 0.2) is 0 Å². The number of ether oxygens (including phenoxy) is 1. The first-order valence-corrected chi connectivity index (χ1v) is 6.62. The zero-order valence-corrected chi connectivity index (χ0v) is 12.5. The van der Waals surface area contributed by atoms with Gasteiger partial charge in [0.1, 0.15) is 0 Å². The van der Waals surface area contributed by atoms with Crippen LogP contribution in [0.3, 0.4) is 0 Å². The highest BCUT2D eigenvalue weighted by molar-refractivity contribution is 9.10. The van der Waals surface area contributed by atoms with Crippen molar-refractivity contribution in [2.24, 2.45) is 5.84 Å². The number of nitrogens with two attached hydrogens (primary N) is 1. The average Bonchev–Trinajstić information content (AvgIpc) is 2.36. The molecule has 0 atom stereocenters. The molecule has 0 unspecified atom stereocenters. The molecule has 1 rings (SSSR count). The summed E-state index contributed by atoms with van der Waals surface area (Å²) in [6.07, 6.45) is 0.943. The van der Waals surface area contributed by atoms with Crippen molar-refractivity contribution < 1.29 is 9.53 Å². The zero-order chi connectivity index (χ0) is 13.8. The van der Waals surface area contributed by atoms with Crippen LogP contribution < -0.4 is 11.3 Å². The molecule has 0 heterocycles. The van der Waals surface area contributed by atoms with E-state index in [-0.39, 0.29) is 11.5 Å². The minimum atomic E-state index is -0.308. The van der Waals surface area contributed by atoms with Gasteiger partial charge in [0.25, 0.3) is 5.91 Å². The first kappa shape index (κ1) is 15.1. The highest BCUT2D eigenvalue weighted by Gasteiger charge is 2.16. The summed E-state index contributed by atoms with van der Waals surface area (Å²) in [6.45, 7) is 6.70. The van der Waals surface area contributed by atoms with Gasteiger partial charge < -0.3 is 4.74 Å². The van der Waals surface area contributed by atoms with Gasteiger partial charge in [-0.05, 0) is 38.0 Å². The number of hydrogen-bond acceptors (Lipinski definition) is 3. The molecule has 0 radical (unpaired) electrons. The number of nitrogens with one attached hydrogen (secondary N) is 1. The number of halogens is 1. The standard InChI is InChI=1S/C13H19BrN2O2/c1-4-13(2,3)18-8-10-6-5-9(7-11(10)14)12(17)16-15/h5-7H,4,8,15H2,1-3H3,(H,16,17). The molecule has 0 aliphatic heterocycles. The first-order valence-electron chi connectivity index (χ1n) is 5.83. The number of hydrazine groups is 1. The van der Waals surface area contributed by atoms with Crippen LogP contribution in [0.5, 0.6) is 0 Å². The van der Waals surface area contributed by atoms with E-state index >= 15 is 0 Å². The lowest BCUT2D eigenvalue weighted by Gasteiger charge is -2.23. The van der Waals surface area contributed by atoms with Crippen molar-refractivity contribution in [1.29, 1.82) is 0 Å². The third-order valence-electron chi connectivity index (χ3n) is 2.92. The number of carbonyl (C=O) groups excluding carboxylic acids is 1. The molecule has 3 N–H and O–H groups in total. The van der Waals surface area contributed by atoms with Crippen molar-refractivity contribution in [2.75, 3.05) is 0 Å². The molecule has 18 heavy (non-hydrogen) atoms. The third-order valence-corrected chi connectivity index (χ3v) is 3.65. The van der Waals surface area contributed by atoms with E-state index in [9.17, 15) is 4.79 Å². The maximum Gasteiger partial charge on any atom is 0.265 e. The second-order valence-corrected chi connectivity index (χ2v) is 5.54. The van der Waals surface area contributed by atoms with Gasteiger partial charge >= 0.3 is 0 Å². The molecule has 1 aromatic rings. The van der Waals surface area contributed by atoms with E-state index in [1.54, 1.807) is 12.1 Å². The zero-order valence-electron chi connectivity index (χ0n) is 10.9. The van der Waals surface area contributed by atoms with Gasteiger partial charge in [-0.25, -0.2) is 5.84 Å². The largest absolute Gasteiger partial charge is 0.371 e. The number of amides is 1. The van der Waals surface area contributed by atoms with Crippen molar-refractivity contribution in [1.82, 2.24) is 5.43 Å². The lowest BCUT2D eigenvalue weighted by Crippen LogP contribution is -2.30. The molecule has 1 amide bonds. The average molecular weight is 315 g/mol. The molecule has 0 saturated heterocycles. The summed E-state index contributed by atoms with van der Waals surface area (Å²) in [5, 5.41) is 0. The smallest absolute Gasteiger partial charge is 0.265 e. The Labute approximate surface area is 116 Å². The number of rotatable bonds is 5. The molecule has 4 nitrogen and oxygen atoms in total. The maximum absolute atomic E-state index is 11.4. The molecule has 0 saturated carbocycles. The summed E-state index contributed by atoms with van der Waals surface area (Å²) in [5.74, 6) is 4.78. The summed E-state index contributed by atoms with van der Waals surface area (Å²) >= 11 is 3.43. The van der Waals surface area contributed by atoms with E-state index in [1.165, 1.54) is 0 Å². The fraction of sp³-hybridized carbons (Fsp3) is 0.462. The third kappa shape index (κ3) is 4.08. The lowest BCUT2D eigenvalue weighted by molar-refractivity contribution is -0.0318. The first-order chi connectivity index (χ1) is 8.39. The Morgan fingerprint density at radius 3 is 2.67 bits per heavy atom. The van der Waals surface area contributed by atoms with E-state index < -0.39 is 0 Å². The molecular weight excluding hydrogens is 296 g/mol. The second kappa shape index (κ2) is 6.31. The lowest BCUT2D eigenvalue weighted by atomic mass is 10.1. The van der Waals surface area contributed by atoms with E-state index in [1.807, 2.05) is 6.07 Å². The molecule has 5 heteroatoms. The van der Waals surface area contributed by atoms with Crippen molar-refractivity contribution in [3.8, 4) is 0 Å². The van der Waals surface area contributed by atoms with Gasteiger partial charge in [-0.15, -0.1) is 0 Å². The molecule has 0 fully saturated rings. The van der Waals surface area contributed by atoms with E-state index in [0.29, 0.717) is 12.2 Å². The Kier molecular flexibility index (Phi) is 5.31. The topological polar surface area (TPSA) is 64.3 Å². The Morgan fingerprint density at radius 2 is 2.17 bits per heavy atom. The SMILES string of the molecule is CCC(C)(C)OCc1ccc(C(=O)NN)cc1Br. The van der Waals surface area contributed by atoms with Crippen LogP contribution in [-0.4, -0.2) is 11.5 Å². The van der Waals surface area contributed by atoms with Crippen LogP contribution in [0, 0.1) is 0 Å². The van der Waals surface area contributed by atoms with Crippen LogP contribution in [0.2, 0.25) is 0 Å². The molecule has 100 valence electrons. The molecule has 0 bridgehead atoms. The fourth-order valence-corrected chi connectivity index (χ4v) is 1.76. The predicted octanol–water partition coefficient (Wildman–Crippen LogP) is 2.76. The number of hydrogen-bond donors (Lipinski definition) is 2. The molecule has 0 spiro atoms. The molecular formula is C13H19BrN2O2. The van der Waals surface area contributed by atoms with Crippen molar-refractivity contribution in [3.05, 3.63) is 33.8 Å². The van der Waals surface area contributed by atoms with Gasteiger partial charge in [0, 0.05) is 10.0 Å². The van der Waals surface area contributed by atoms with E-state index in [0.717, 1.165) is 16.5 Å². The minimum Gasteiger partial charge on any atom is -0.371 e. The minimum absolute atomic E-state index is 0.146. The highest BCUT2D eigenvalue weighted by atomic mass is 79.9. The Morgan fingerprint density at radius 1 is 1.50 bits per heavy atom. The second-order valence-electron chi connectivity index (χ2n) is 4.68. The quantitative estimate of drug-likeness (QED) is 0.499. The van der Waals surface area contributed by atoms with Crippen molar-refractivity contribution in [2.45, 2.75) is 39.4 Å². The Balaban J connectivity index is 2.77. The van der Waals surface area contributed by atoms with Crippen molar-refractivity contribution >= 4 is 21.8 Å². The summed E-state index contributed by atoms with van der Waals surface area (Å²) in [5.41, 5.74) is 3.48. The van der Waals surface area contributed by atoms with Crippen molar-refractivity contribution in [3.63, 3.8) is 0 Å². The fourth-order valence-electron chi connectivity index (χ4n) is 1.26. The summed E-state index contributed by atoms with van der Waals surface area (Å²) < 4.78 is 6.66. The van der Waals surface area contributed by atoms with Crippen LogP contribution in [0.25, 0.3) is 0 Å². The molecule has 0 aliphatic carbocycles. The van der Waals surface area contributed by atoms with Crippen LogP contribution in [0.15, 0.2) is 22.7 Å². The maximum atomic E-state index is 11.4. The van der Waals surface area contributed by atoms with E-state index in [4.69, 9.17) is 10.6 Å². The molecule has 0 aromatic heterocycles. The highest BCUT2D eigenvalue weighted by Crippen LogP contribution is 2.23. The number of nitrogen functional groups attached to an aromatic ring is 1. The van der Waals surface area contributed by atoms with Gasteiger partial charge in [-0.2, -0.15) is 0 Å². The van der Waals surface area contributed by atoms with Crippen LogP contribution in [0.1, 0.15) is 43.1 Å². The monoisotopic (exact) mass is 314 g/mol. The van der Waals surface area contributed by atoms with Gasteiger partial charge in [0.05, 0.1) is 12.2 Å². The van der Waals surface area contributed by atoms with Gasteiger partial charge in [-0.3, -0.25) is 10.2 Å². The number of carbonyl (C=O) groups is 1. The van der Waals surface area contributed by atoms with Gasteiger partial charge in [-0.1, -0.05) is 28.9 Å². The van der Waals surface area contributed by atoms with Crippen LogP contribution in [-0.2, 0) is 11.3 Å². The van der Waals surface area contributed by atoms with E-state index in [2.05, 4.69) is 42.1 Å². The normalized spacial score (nSPS) is 11.4. The molecule has 0 aliphatic rings. The Hall–Kier alpha value is -0.910. The van der Waals surface area contributed by atoms with Crippen LogP contribution in [0.4, 0.5) is 0 Å². The predicted molar refractivity (Wildman–Crippen MR) is 75.0 cm³/mol. The summed E-state index contributed by atoms with van der Waals surface area (Å²) in [6, 6.07) is 5.32. The van der Waals surface area contributed by atoms with Gasteiger partial charge in [0.2, 0.25) is 0 Å². The summed E-state index contributed by atoms with van der Waals surface area (Å²) in [7, 11) is 0.